The molecule has 4 heteroatoms. The van der Waals surface area contributed by atoms with E-state index in [-0.39, 0.29) is 11.9 Å². The summed E-state index contributed by atoms with van der Waals surface area (Å²) in [5.41, 5.74) is 0. The number of furan rings is 1. The van der Waals surface area contributed by atoms with Gasteiger partial charge in [-0.15, -0.1) is 0 Å². The van der Waals surface area contributed by atoms with Gasteiger partial charge in [-0.1, -0.05) is 0 Å². The van der Waals surface area contributed by atoms with Gasteiger partial charge in [0, 0.05) is 0 Å². The summed E-state index contributed by atoms with van der Waals surface area (Å²) in [6.07, 6.45) is 2.41. The van der Waals surface area contributed by atoms with E-state index in [1.165, 1.54) is 20.0 Å². The maximum Gasteiger partial charge on any atom is 0.373 e. The number of hydrogen-bond donors (Lipinski definition) is 0. The summed E-state index contributed by atoms with van der Waals surface area (Å²) in [4.78, 5) is 11.2. The second-order valence-electron chi connectivity index (χ2n) is 4.11. The lowest BCUT2D eigenvalue weighted by molar-refractivity contribution is 0.0396. The molecule has 0 N–H and O–H groups in total. The Kier molecular flexibility index (Phi) is 3.29. The highest BCUT2D eigenvalue weighted by molar-refractivity contribution is 5.86. The number of esters is 1. The fourth-order valence-corrected chi connectivity index (χ4v) is 1.43. The van der Waals surface area contributed by atoms with E-state index >= 15 is 0 Å². The molecule has 1 heterocycles. The van der Waals surface area contributed by atoms with Crippen LogP contribution in [0.1, 0.15) is 42.2 Å². The zero-order valence-electron chi connectivity index (χ0n) is 9.56. The standard InChI is InChI=1S/C12H16O4/c1-8(15-7-9-3-4-9)10-5-6-11(16-10)12(13)14-2/h5-6,8-9H,3-4,7H2,1-2H3. The molecule has 1 aromatic heterocycles. The molecule has 0 amide bonds. The van der Waals surface area contributed by atoms with E-state index in [1.54, 1.807) is 12.1 Å². The van der Waals surface area contributed by atoms with Crippen LogP contribution in [0.15, 0.2) is 16.5 Å². The highest BCUT2D eigenvalue weighted by atomic mass is 16.5. The Morgan fingerprint density at radius 3 is 2.94 bits per heavy atom. The van der Waals surface area contributed by atoms with Crippen molar-refractivity contribution in [3.8, 4) is 0 Å². The fraction of sp³-hybridized carbons (Fsp3) is 0.583. The third-order valence-corrected chi connectivity index (χ3v) is 2.69. The van der Waals surface area contributed by atoms with Crippen LogP contribution in [-0.2, 0) is 9.47 Å². The van der Waals surface area contributed by atoms with E-state index < -0.39 is 5.97 Å². The second-order valence-corrected chi connectivity index (χ2v) is 4.11. The van der Waals surface area contributed by atoms with Gasteiger partial charge in [0.1, 0.15) is 11.9 Å². The average Bonchev–Trinajstić information content (AvgIpc) is 2.99. The quantitative estimate of drug-likeness (QED) is 0.721. The molecule has 1 atom stereocenters. The van der Waals surface area contributed by atoms with E-state index in [2.05, 4.69) is 4.74 Å². The molecule has 0 saturated heterocycles. The van der Waals surface area contributed by atoms with Crippen molar-refractivity contribution in [3.05, 3.63) is 23.7 Å². The molecule has 0 aromatic carbocycles. The van der Waals surface area contributed by atoms with Gasteiger partial charge in [-0.25, -0.2) is 4.79 Å². The van der Waals surface area contributed by atoms with Crippen molar-refractivity contribution in [2.45, 2.75) is 25.9 Å². The Labute approximate surface area is 94.5 Å². The molecular weight excluding hydrogens is 208 g/mol. The molecule has 0 radical (unpaired) electrons. The summed E-state index contributed by atoms with van der Waals surface area (Å²) in [6.45, 7) is 2.69. The minimum atomic E-state index is -0.458. The molecular formula is C12H16O4. The van der Waals surface area contributed by atoms with Gasteiger partial charge in [-0.3, -0.25) is 0 Å². The fourth-order valence-electron chi connectivity index (χ4n) is 1.43. The SMILES string of the molecule is COC(=O)c1ccc(C(C)OCC2CC2)o1. The summed E-state index contributed by atoms with van der Waals surface area (Å²) in [5.74, 6) is 1.15. The molecule has 1 fully saturated rings. The molecule has 1 unspecified atom stereocenters. The molecule has 2 rings (SSSR count). The van der Waals surface area contributed by atoms with Crippen LogP contribution in [0.25, 0.3) is 0 Å². The van der Waals surface area contributed by atoms with Gasteiger partial charge in [0.2, 0.25) is 5.76 Å². The monoisotopic (exact) mass is 224 g/mol. The van der Waals surface area contributed by atoms with Crippen molar-refractivity contribution in [1.29, 1.82) is 0 Å². The van der Waals surface area contributed by atoms with Gasteiger partial charge in [0.15, 0.2) is 0 Å². The number of ether oxygens (including phenoxy) is 2. The summed E-state index contributed by atoms with van der Waals surface area (Å²) >= 11 is 0. The Morgan fingerprint density at radius 2 is 2.31 bits per heavy atom. The average molecular weight is 224 g/mol. The normalized spacial score (nSPS) is 17.1. The van der Waals surface area contributed by atoms with Crippen LogP contribution >= 0.6 is 0 Å². The maximum atomic E-state index is 11.2. The van der Waals surface area contributed by atoms with Crippen LogP contribution in [0.5, 0.6) is 0 Å². The van der Waals surface area contributed by atoms with Crippen molar-refractivity contribution in [2.75, 3.05) is 13.7 Å². The number of rotatable bonds is 5. The van der Waals surface area contributed by atoms with Crippen molar-refractivity contribution >= 4 is 5.97 Å². The van der Waals surface area contributed by atoms with E-state index in [0.29, 0.717) is 5.76 Å². The van der Waals surface area contributed by atoms with Gasteiger partial charge in [-0.05, 0) is 37.8 Å². The lowest BCUT2D eigenvalue weighted by Crippen LogP contribution is -2.02. The minimum absolute atomic E-state index is 0.112. The van der Waals surface area contributed by atoms with Crippen LogP contribution in [0.4, 0.5) is 0 Å². The van der Waals surface area contributed by atoms with E-state index in [9.17, 15) is 4.79 Å². The molecule has 1 aliphatic rings. The molecule has 16 heavy (non-hydrogen) atoms. The maximum absolute atomic E-state index is 11.2. The smallest absolute Gasteiger partial charge is 0.373 e. The highest BCUT2D eigenvalue weighted by Gasteiger charge is 2.23. The number of hydrogen-bond acceptors (Lipinski definition) is 4. The number of methoxy groups -OCH3 is 1. The molecule has 88 valence electrons. The number of carbonyl (C=O) groups excluding carboxylic acids is 1. The third-order valence-electron chi connectivity index (χ3n) is 2.69. The van der Waals surface area contributed by atoms with Crippen LogP contribution in [-0.4, -0.2) is 19.7 Å². The first kappa shape index (κ1) is 11.2. The van der Waals surface area contributed by atoms with E-state index in [4.69, 9.17) is 9.15 Å². The Hall–Kier alpha value is -1.29. The van der Waals surface area contributed by atoms with Crippen molar-refractivity contribution in [3.63, 3.8) is 0 Å². The lowest BCUT2D eigenvalue weighted by Gasteiger charge is -2.09. The Balaban J connectivity index is 1.91. The molecule has 1 aromatic rings. The zero-order chi connectivity index (χ0) is 11.5. The van der Waals surface area contributed by atoms with Crippen LogP contribution < -0.4 is 0 Å². The van der Waals surface area contributed by atoms with Gasteiger partial charge in [-0.2, -0.15) is 0 Å². The first-order valence-electron chi connectivity index (χ1n) is 5.50. The summed E-state index contributed by atoms with van der Waals surface area (Å²) < 4.78 is 15.5. The topological polar surface area (TPSA) is 48.7 Å². The first-order chi connectivity index (χ1) is 7.70. The molecule has 1 aliphatic carbocycles. The first-order valence-corrected chi connectivity index (χ1v) is 5.50. The summed E-state index contributed by atoms with van der Waals surface area (Å²) in [7, 11) is 1.33. The predicted octanol–water partition coefficient (Wildman–Crippen LogP) is 2.55. The van der Waals surface area contributed by atoms with Gasteiger partial charge in [0.05, 0.1) is 13.7 Å². The Bertz CT molecular complexity index is 365. The summed E-state index contributed by atoms with van der Waals surface area (Å²) in [5, 5.41) is 0. The van der Waals surface area contributed by atoms with E-state index in [0.717, 1.165) is 12.5 Å². The van der Waals surface area contributed by atoms with Crippen LogP contribution in [0, 0.1) is 5.92 Å². The van der Waals surface area contributed by atoms with E-state index in [1.807, 2.05) is 6.92 Å². The van der Waals surface area contributed by atoms with Crippen LogP contribution in [0.3, 0.4) is 0 Å². The number of carbonyl (C=O) groups is 1. The van der Waals surface area contributed by atoms with Crippen molar-refractivity contribution < 1.29 is 18.7 Å². The Morgan fingerprint density at radius 1 is 1.56 bits per heavy atom. The largest absolute Gasteiger partial charge is 0.463 e. The molecule has 1 saturated carbocycles. The lowest BCUT2D eigenvalue weighted by atomic mass is 10.3. The van der Waals surface area contributed by atoms with Crippen molar-refractivity contribution in [1.82, 2.24) is 0 Å². The molecule has 0 aliphatic heterocycles. The van der Waals surface area contributed by atoms with Crippen LogP contribution in [0.2, 0.25) is 0 Å². The molecule has 4 nitrogen and oxygen atoms in total. The minimum Gasteiger partial charge on any atom is -0.463 e. The predicted molar refractivity (Wildman–Crippen MR) is 57.1 cm³/mol. The molecule has 0 bridgehead atoms. The zero-order valence-corrected chi connectivity index (χ0v) is 9.56. The van der Waals surface area contributed by atoms with Gasteiger partial charge in [0.25, 0.3) is 0 Å². The van der Waals surface area contributed by atoms with Gasteiger partial charge < -0.3 is 13.9 Å². The summed E-state index contributed by atoms with van der Waals surface area (Å²) in [6, 6.07) is 3.36. The second kappa shape index (κ2) is 4.70. The highest BCUT2D eigenvalue weighted by Crippen LogP contribution is 2.31. The third kappa shape index (κ3) is 2.64. The molecule has 0 spiro atoms. The van der Waals surface area contributed by atoms with Gasteiger partial charge >= 0.3 is 5.97 Å². The van der Waals surface area contributed by atoms with Crippen molar-refractivity contribution in [2.24, 2.45) is 5.92 Å².